The monoisotopic (exact) mass is 271 g/mol. The molecule has 0 aliphatic heterocycles. The van der Waals surface area contributed by atoms with Crippen LogP contribution >= 0.6 is 0 Å². The Balaban J connectivity index is 1.75. The Bertz CT molecular complexity index is 603. The van der Waals surface area contributed by atoms with Crippen molar-refractivity contribution < 1.29 is 10.2 Å². The van der Waals surface area contributed by atoms with Crippen molar-refractivity contribution in [2.24, 2.45) is 0 Å². The molecule has 0 spiro atoms. The molecule has 0 saturated heterocycles. The van der Waals surface area contributed by atoms with E-state index < -0.39 is 5.60 Å². The average molecular weight is 271 g/mol. The summed E-state index contributed by atoms with van der Waals surface area (Å²) < 4.78 is 0. The zero-order valence-electron chi connectivity index (χ0n) is 11.6. The first kappa shape index (κ1) is 13.4. The van der Waals surface area contributed by atoms with E-state index in [4.69, 9.17) is 0 Å². The molecule has 3 rings (SSSR count). The number of fused-ring (bicyclic) bond motifs is 1. The number of aliphatic hydroxyl groups is 1. The molecule has 1 aliphatic carbocycles. The lowest BCUT2D eigenvalue weighted by atomic mass is 10.0. The third-order valence-corrected chi connectivity index (χ3v) is 4.31. The van der Waals surface area contributed by atoms with Crippen molar-refractivity contribution in [3.05, 3.63) is 42.0 Å². The highest BCUT2D eigenvalue weighted by molar-refractivity contribution is 5.87. The van der Waals surface area contributed by atoms with Crippen LogP contribution in [-0.2, 0) is 6.54 Å². The van der Waals surface area contributed by atoms with Gasteiger partial charge in [-0.3, -0.25) is 0 Å². The lowest BCUT2D eigenvalue weighted by molar-refractivity contribution is 0.0474. The van der Waals surface area contributed by atoms with Gasteiger partial charge in [0, 0.05) is 18.7 Å². The van der Waals surface area contributed by atoms with E-state index in [9.17, 15) is 10.2 Å². The Kier molecular flexibility index (Phi) is 3.64. The van der Waals surface area contributed by atoms with Crippen LogP contribution in [0.2, 0.25) is 0 Å². The number of aromatic hydroxyl groups is 1. The van der Waals surface area contributed by atoms with Crippen molar-refractivity contribution in [2.45, 2.75) is 37.8 Å². The van der Waals surface area contributed by atoms with Gasteiger partial charge in [0.2, 0.25) is 0 Å². The molecule has 1 fully saturated rings. The third kappa shape index (κ3) is 2.65. The van der Waals surface area contributed by atoms with Gasteiger partial charge in [0.15, 0.2) is 0 Å². The SMILES string of the molecule is Oc1ccc2ccccc2c1CNCC1(O)CCCC1. The van der Waals surface area contributed by atoms with Crippen LogP contribution < -0.4 is 5.32 Å². The van der Waals surface area contributed by atoms with Gasteiger partial charge in [0.25, 0.3) is 0 Å². The summed E-state index contributed by atoms with van der Waals surface area (Å²) >= 11 is 0. The molecule has 0 aromatic heterocycles. The fraction of sp³-hybridized carbons (Fsp3) is 0.412. The first-order chi connectivity index (χ1) is 9.68. The van der Waals surface area contributed by atoms with Gasteiger partial charge in [-0.25, -0.2) is 0 Å². The standard InChI is InChI=1S/C17H21NO2/c19-16-8-7-13-5-1-2-6-14(13)15(16)11-18-12-17(20)9-3-4-10-17/h1-2,5-8,18-20H,3-4,9-12H2. The number of phenolic OH excluding ortho intramolecular Hbond substituents is 1. The maximum atomic E-state index is 10.3. The van der Waals surface area contributed by atoms with Crippen molar-refractivity contribution in [3.63, 3.8) is 0 Å². The highest BCUT2D eigenvalue weighted by atomic mass is 16.3. The Morgan fingerprint density at radius 2 is 1.80 bits per heavy atom. The Morgan fingerprint density at radius 1 is 1.05 bits per heavy atom. The van der Waals surface area contributed by atoms with Gasteiger partial charge in [-0.05, 0) is 29.7 Å². The van der Waals surface area contributed by atoms with Crippen LogP contribution in [0.3, 0.4) is 0 Å². The normalized spacial score (nSPS) is 17.6. The van der Waals surface area contributed by atoms with Crippen LogP contribution in [0.25, 0.3) is 10.8 Å². The van der Waals surface area contributed by atoms with Crippen molar-refractivity contribution in [3.8, 4) is 5.75 Å². The van der Waals surface area contributed by atoms with Crippen molar-refractivity contribution in [2.75, 3.05) is 6.54 Å². The van der Waals surface area contributed by atoms with Gasteiger partial charge in [-0.15, -0.1) is 0 Å². The number of phenols is 1. The molecule has 2 aromatic carbocycles. The van der Waals surface area contributed by atoms with E-state index in [1.54, 1.807) is 6.07 Å². The number of rotatable bonds is 4. The zero-order chi connectivity index (χ0) is 14.0. The maximum Gasteiger partial charge on any atom is 0.120 e. The van der Waals surface area contributed by atoms with Gasteiger partial charge in [-0.1, -0.05) is 43.2 Å². The van der Waals surface area contributed by atoms with E-state index in [0.29, 0.717) is 18.8 Å². The molecule has 106 valence electrons. The van der Waals surface area contributed by atoms with Crippen LogP contribution in [0.5, 0.6) is 5.75 Å². The van der Waals surface area contributed by atoms with Gasteiger partial charge >= 0.3 is 0 Å². The molecule has 0 radical (unpaired) electrons. The van der Waals surface area contributed by atoms with E-state index in [2.05, 4.69) is 5.32 Å². The predicted molar refractivity (Wildman–Crippen MR) is 80.7 cm³/mol. The molecular weight excluding hydrogens is 250 g/mol. The van der Waals surface area contributed by atoms with Gasteiger partial charge < -0.3 is 15.5 Å². The highest BCUT2D eigenvalue weighted by Gasteiger charge is 2.30. The third-order valence-electron chi connectivity index (χ3n) is 4.31. The molecule has 3 nitrogen and oxygen atoms in total. The average Bonchev–Trinajstić information content (AvgIpc) is 2.88. The summed E-state index contributed by atoms with van der Waals surface area (Å²) in [5.74, 6) is 0.314. The maximum absolute atomic E-state index is 10.3. The predicted octanol–water partition coefficient (Wildman–Crippen LogP) is 2.94. The lowest BCUT2D eigenvalue weighted by Crippen LogP contribution is -2.37. The van der Waals surface area contributed by atoms with E-state index in [-0.39, 0.29) is 0 Å². The second kappa shape index (κ2) is 5.43. The van der Waals surface area contributed by atoms with Crippen LogP contribution in [0.15, 0.2) is 36.4 Å². The highest BCUT2D eigenvalue weighted by Crippen LogP contribution is 2.30. The van der Waals surface area contributed by atoms with Gasteiger partial charge in [0.1, 0.15) is 5.75 Å². The second-order valence-electron chi connectivity index (χ2n) is 5.82. The summed E-state index contributed by atoms with van der Waals surface area (Å²) in [6.45, 7) is 1.17. The number of benzene rings is 2. The molecule has 0 unspecified atom stereocenters. The molecule has 0 heterocycles. The van der Waals surface area contributed by atoms with Crippen LogP contribution in [0.1, 0.15) is 31.2 Å². The summed E-state index contributed by atoms with van der Waals surface area (Å²) in [6.07, 6.45) is 3.97. The summed E-state index contributed by atoms with van der Waals surface area (Å²) in [4.78, 5) is 0. The van der Waals surface area contributed by atoms with Crippen molar-refractivity contribution in [1.29, 1.82) is 0 Å². The Hall–Kier alpha value is -1.58. The molecule has 1 aliphatic rings. The number of hydrogen-bond donors (Lipinski definition) is 3. The first-order valence-electron chi connectivity index (χ1n) is 7.31. The minimum absolute atomic E-state index is 0.314. The van der Waals surface area contributed by atoms with Gasteiger partial charge in [0.05, 0.1) is 5.60 Å². The van der Waals surface area contributed by atoms with Crippen LogP contribution in [0, 0.1) is 0 Å². The van der Waals surface area contributed by atoms with Crippen molar-refractivity contribution in [1.82, 2.24) is 5.32 Å². The Labute approximate surface area is 119 Å². The first-order valence-corrected chi connectivity index (χ1v) is 7.31. The molecule has 0 atom stereocenters. The molecule has 3 heteroatoms. The quantitative estimate of drug-likeness (QED) is 0.801. The smallest absolute Gasteiger partial charge is 0.120 e. The second-order valence-corrected chi connectivity index (χ2v) is 5.82. The van der Waals surface area contributed by atoms with E-state index >= 15 is 0 Å². The van der Waals surface area contributed by atoms with Gasteiger partial charge in [-0.2, -0.15) is 0 Å². The molecule has 2 aromatic rings. The number of nitrogens with one attached hydrogen (secondary N) is 1. The molecule has 1 saturated carbocycles. The molecule has 0 bridgehead atoms. The Morgan fingerprint density at radius 3 is 2.60 bits per heavy atom. The fourth-order valence-corrected chi connectivity index (χ4v) is 3.14. The van der Waals surface area contributed by atoms with Crippen LogP contribution in [-0.4, -0.2) is 22.4 Å². The summed E-state index contributed by atoms with van der Waals surface area (Å²) in [6, 6.07) is 11.7. The molecule has 3 N–H and O–H groups in total. The van der Waals surface area contributed by atoms with E-state index in [1.165, 1.54) is 0 Å². The number of hydrogen-bond acceptors (Lipinski definition) is 3. The molecular formula is C17H21NO2. The summed E-state index contributed by atoms with van der Waals surface area (Å²) in [7, 11) is 0. The van der Waals surface area contributed by atoms with E-state index in [1.807, 2.05) is 30.3 Å². The zero-order valence-corrected chi connectivity index (χ0v) is 11.6. The molecule has 20 heavy (non-hydrogen) atoms. The lowest BCUT2D eigenvalue weighted by Gasteiger charge is -2.22. The summed E-state index contributed by atoms with van der Waals surface area (Å²) in [5.41, 5.74) is 0.352. The molecule has 0 amide bonds. The summed E-state index contributed by atoms with van der Waals surface area (Å²) in [5, 5.41) is 25.9. The largest absolute Gasteiger partial charge is 0.508 e. The van der Waals surface area contributed by atoms with E-state index in [0.717, 1.165) is 42.0 Å². The fourth-order valence-electron chi connectivity index (χ4n) is 3.14. The topological polar surface area (TPSA) is 52.5 Å². The van der Waals surface area contributed by atoms with Crippen LogP contribution in [0.4, 0.5) is 0 Å². The minimum atomic E-state index is -0.555. The minimum Gasteiger partial charge on any atom is -0.508 e. The van der Waals surface area contributed by atoms with Crippen molar-refractivity contribution >= 4 is 10.8 Å².